The van der Waals surface area contributed by atoms with Crippen molar-refractivity contribution in [3.05, 3.63) is 84.1 Å². The van der Waals surface area contributed by atoms with E-state index in [4.69, 9.17) is 0 Å². The number of aromatic nitrogens is 3. The van der Waals surface area contributed by atoms with Crippen LogP contribution in [-0.2, 0) is 13.1 Å². The SMILES string of the molecule is CN(Cc1ccccc1)C(=O)c1cnc(NCc2cccnc2)cn1. The van der Waals surface area contributed by atoms with Crippen molar-refractivity contribution < 1.29 is 4.79 Å². The van der Waals surface area contributed by atoms with E-state index in [1.54, 1.807) is 30.5 Å². The van der Waals surface area contributed by atoms with Crippen LogP contribution in [0.15, 0.2) is 67.3 Å². The van der Waals surface area contributed by atoms with Crippen LogP contribution in [0.4, 0.5) is 5.82 Å². The predicted molar refractivity (Wildman–Crippen MR) is 95.8 cm³/mol. The fourth-order valence-electron chi connectivity index (χ4n) is 2.35. The van der Waals surface area contributed by atoms with Gasteiger partial charge in [0.2, 0.25) is 0 Å². The lowest BCUT2D eigenvalue weighted by Gasteiger charge is -2.16. The normalized spacial score (nSPS) is 10.3. The van der Waals surface area contributed by atoms with Gasteiger partial charge in [-0.15, -0.1) is 0 Å². The van der Waals surface area contributed by atoms with Crippen LogP contribution >= 0.6 is 0 Å². The van der Waals surface area contributed by atoms with Crippen molar-refractivity contribution in [2.45, 2.75) is 13.1 Å². The molecule has 0 atom stereocenters. The summed E-state index contributed by atoms with van der Waals surface area (Å²) in [6.45, 7) is 1.13. The van der Waals surface area contributed by atoms with Crippen molar-refractivity contribution in [1.82, 2.24) is 19.9 Å². The summed E-state index contributed by atoms with van der Waals surface area (Å²) >= 11 is 0. The zero-order valence-corrected chi connectivity index (χ0v) is 14.0. The first-order valence-electron chi connectivity index (χ1n) is 7.96. The number of pyridine rings is 1. The smallest absolute Gasteiger partial charge is 0.274 e. The molecule has 2 aromatic heterocycles. The molecule has 0 fully saturated rings. The summed E-state index contributed by atoms with van der Waals surface area (Å²) in [7, 11) is 1.76. The van der Waals surface area contributed by atoms with Gasteiger partial charge in [-0.25, -0.2) is 9.97 Å². The molecule has 3 aromatic rings. The average Bonchev–Trinajstić information content (AvgIpc) is 2.68. The van der Waals surface area contributed by atoms with E-state index in [-0.39, 0.29) is 5.91 Å². The number of nitrogens with zero attached hydrogens (tertiary/aromatic N) is 4. The third kappa shape index (κ3) is 4.60. The Morgan fingerprint density at radius 2 is 1.80 bits per heavy atom. The van der Waals surface area contributed by atoms with Crippen molar-refractivity contribution >= 4 is 11.7 Å². The van der Waals surface area contributed by atoms with E-state index in [0.29, 0.717) is 24.6 Å². The number of benzene rings is 1. The highest BCUT2D eigenvalue weighted by Gasteiger charge is 2.14. The van der Waals surface area contributed by atoms with Crippen molar-refractivity contribution in [1.29, 1.82) is 0 Å². The first kappa shape index (κ1) is 16.6. The highest BCUT2D eigenvalue weighted by Crippen LogP contribution is 2.08. The Kier molecular flexibility index (Phi) is 5.31. The van der Waals surface area contributed by atoms with Crippen molar-refractivity contribution in [3.63, 3.8) is 0 Å². The maximum Gasteiger partial charge on any atom is 0.274 e. The van der Waals surface area contributed by atoms with Crippen molar-refractivity contribution in [2.75, 3.05) is 12.4 Å². The Labute approximate surface area is 146 Å². The molecule has 0 spiro atoms. The molecule has 3 rings (SSSR count). The van der Waals surface area contributed by atoms with E-state index in [1.165, 1.54) is 6.20 Å². The van der Waals surface area contributed by atoms with Gasteiger partial charge in [0.05, 0.1) is 12.4 Å². The van der Waals surface area contributed by atoms with Crippen LogP contribution < -0.4 is 5.32 Å². The van der Waals surface area contributed by atoms with E-state index < -0.39 is 0 Å². The van der Waals surface area contributed by atoms with Crippen LogP contribution in [0.25, 0.3) is 0 Å². The molecule has 0 unspecified atom stereocenters. The molecule has 0 saturated carbocycles. The second-order valence-corrected chi connectivity index (χ2v) is 5.65. The summed E-state index contributed by atoms with van der Waals surface area (Å²) in [6, 6.07) is 13.7. The molecule has 0 aliphatic rings. The van der Waals surface area contributed by atoms with Gasteiger partial charge < -0.3 is 10.2 Å². The summed E-state index contributed by atoms with van der Waals surface area (Å²) in [5.41, 5.74) is 2.44. The molecule has 1 aromatic carbocycles. The predicted octanol–water partition coefficient (Wildman–Crippen LogP) is 2.76. The average molecular weight is 333 g/mol. The number of nitrogens with one attached hydrogen (secondary N) is 1. The highest BCUT2D eigenvalue weighted by molar-refractivity contribution is 5.91. The van der Waals surface area contributed by atoms with Crippen LogP contribution in [0.1, 0.15) is 21.6 Å². The molecule has 6 nitrogen and oxygen atoms in total. The van der Waals surface area contributed by atoms with Crippen LogP contribution in [0.5, 0.6) is 0 Å². The molecule has 126 valence electrons. The Morgan fingerprint density at radius 1 is 1.00 bits per heavy atom. The molecule has 0 aliphatic heterocycles. The lowest BCUT2D eigenvalue weighted by Crippen LogP contribution is -2.27. The van der Waals surface area contributed by atoms with Crippen molar-refractivity contribution in [3.8, 4) is 0 Å². The number of hydrogen-bond donors (Lipinski definition) is 1. The molecular weight excluding hydrogens is 314 g/mol. The van der Waals surface area contributed by atoms with E-state index in [2.05, 4.69) is 20.3 Å². The van der Waals surface area contributed by atoms with E-state index in [9.17, 15) is 4.79 Å². The van der Waals surface area contributed by atoms with Gasteiger partial charge in [0.25, 0.3) is 5.91 Å². The van der Waals surface area contributed by atoms with Crippen LogP contribution in [0.3, 0.4) is 0 Å². The van der Waals surface area contributed by atoms with E-state index >= 15 is 0 Å². The summed E-state index contributed by atoms with van der Waals surface area (Å²) in [4.78, 5) is 26.6. The van der Waals surface area contributed by atoms with Gasteiger partial charge in [-0.05, 0) is 17.2 Å². The minimum absolute atomic E-state index is 0.157. The van der Waals surface area contributed by atoms with Gasteiger partial charge in [0.15, 0.2) is 0 Å². The standard InChI is InChI=1S/C19H19N5O/c1-24(14-15-6-3-2-4-7-15)19(25)17-12-23-18(13-21-17)22-11-16-8-5-9-20-10-16/h2-10,12-13H,11,14H2,1H3,(H,22,23). The number of amides is 1. The first-order chi connectivity index (χ1) is 12.2. The van der Waals surface area contributed by atoms with Crippen LogP contribution in [0, 0.1) is 0 Å². The highest BCUT2D eigenvalue weighted by atomic mass is 16.2. The Hall–Kier alpha value is -3.28. The van der Waals surface area contributed by atoms with Crippen LogP contribution in [-0.4, -0.2) is 32.8 Å². The third-order valence-electron chi connectivity index (χ3n) is 3.68. The second kappa shape index (κ2) is 8.01. The zero-order chi connectivity index (χ0) is 17.5. The van der Waals surface area contributed by atoms with Gasteiger partial charge in [0, 0.05) is 32.5 Å². The second-order valence-electron chi connectivity index (χ2n) is 5.65. The maximum atomic E-state index is 12.4. The molecule has 0 radical (unpaired) electrons. The molecule has 0 aliphatic carbocycles. The van der Waals surface area contributed by atoms with Gasteiger partial charge in [0.1, 0.15) is 11.5 Å². The Bertz CT molecular complexity index is 806. The monoisotopic (exact) mass is 333 g/mol. The van der Waals surface area contributed by atoms with Gasteiger partial charge in [-0.2, -0.15) is 0 Å². The van der Waals surface area contributed by atoms with E-state index in [1.807, 2.05) is 42.5 Å². The summed E-state index contributed by atoms with van der Waals surface area (Å²) in [5.74, 6) is 0.460. The summed E-state index contributed by atoms with van der Waals surface area (Å²) in [6.07, 6.45) is 6.59. The zero-order valence-electron chi connectivity index (χ0n) is 14.0. The van der Waals surface area contributed by atoms with Crippen molar-refractivity contribution in [2.24, 2.45) is 0 Å². The third-order valence-corrected chi connectivity index (χ3v) is 3.68. The Morgan fingerprint density at radius 3 is 2.48 bits per heavy atom. The lowest BCUT2D eigenvalue weighted by molar-refractivity contribution is 0.0779. The fourth-order valence-corrected chi connectivity index (χ4v) is 2.35. The minimum atomic E-state index is -0.157. The first-order valence-corrected chi connectivity index (χ1v) is 7.96. The van der Waals surface area contributed by atoms with Gasteiger partial charge in [-0.3, -0.25) is 9.78 Å². The number of carbonyl (C=O) groups excluding carboxylic acids is 1. The molecule has 25 heavy (non-hydrogen) atoms. The summed E-state index contributed by atoms with van der Waals surface area (Å²) < 4.78 is 0. The molecule has 0 bridgehead atoms. The number of hydrogen-bond acceptors (Lipinski definition) is 5. The number of anilines is 1. The molecule has 6 heteroatoms. The maximum absolute atomic E-state index is 12.4. The molecule has 0 saturated heterocycles. The lowest BCUT2D eigenvalue weighted by atomic mass is 10.2. The summed E-state index contributed by atoms with van der Waals surface area (Å²) in [5, 5.41) is 3.16. The Balaban J connectivity index is 1.58. The largest absolute Gasteiger partial charge is 0.365 e. The molecule has 1 N–H and O–H groups in total. The topological polar surface area (TPSA) is 71.0 Å². The van der Waals surface area contributed by atoms with Crippen LogP contribution in [0.2, 0.25) is 0 Å². The molecule has 2 heterocycles. The molecule has 1 amide bonds. The van der Waals surface area contributed by atoms with Gasteiger partial charge >= 0.3 is 0 Å². The van der Waals surface area contributed by atoms with E-state index in [0.717, 1.165) is 11.1 Å². The molecular formula is C19H19N5O. The quantitative estimate of drug-likeness (QED) is 0.751. The fraction of sp³-hybridized carbons (Fsp3) is 0.158. The minimum Gasteiger partial charge on any atom is -0.365 e. The van der Waals surface area contributed by atoms with Gasteiger partial charge in [-0.1, -0.05) is 36.4 Å². The number of rotatable bonds is 6. The number of carbonyl (C=O) groups is 1.